The molecule has 130 valence electrons. The Balaban J connectivity index is 2.19. The van der Waals surface area contributed by atoms with E-state index in [0.29, 0.717) is 0 Å². The predicted molar refractivity (Wildman–Crippen MR) is 84.6 cm³/mol. The molecule has 0 radical (unpaired) electrons. The lowest BCUT2D eigenvalue weighted by atomic mass is 9.86. The topological polar surface area (TPSA) is 87.7 Å². The maximum Gasteiger partial charge on any atom is 0.303 e. The van der Waals surface area contributed by atoms with E-state index in [2.05, 4.69) is 20.4 Å². The Bertz CT molecular complexity index is 836. The van der Waals surface area contributed by atoms with E-state index in [0.717, 1.165) is 0 Å². The number of esters is 1. The van der Waals surface area contributed by atoms with Gasteiger partial charge >= 0.3 is 5.97 Å². The van der Waals surface area contributed by atoms with Gasteiger partial charge in [-0.3, -0.25) is 4.79 Å². The van der Waals surface area contributed by atoms with Crippen molar-refractivity contribution in [2.24, 2.45) is 0 Å². The molecule has 0 saturated carbocycles. The molecule has 0 aliphatic heterocycles. The minimum absolute atomic E-state index is 0.0640. The van der Waals surface area contributed by atoms with Crippen molar-refractivity contribution < 1.29 is 13.9 Å². The van der Waals surface area contributed by atoms with E-state index >= 15 is 0 Å². The van der Waals surface area contributed by atoms with Gasteiger partial charge in [0.2, 0.25) is 0 Å². The number of hydrogen-bond acceptors (Lipinski definition) is 6. The summed E-state index contributed by atoms with van der Waals surface area (Å²) in [7, 11) is 0. The minimum atomic E-state index is -1.39. The third-order valence-electron chi connectivity index (χ3n) is 4.03. The molecule has 1 aromatic carbocycles. The minimum Gasteiger partial charge on any atom is -0.450 e. The molecule has 3 aromatic rings. The molecule has 0 N–H and O–H groups in total. The third kappa shape index (κ3) is 3.25. The van der Waals surface area contributed by atoms with Gasteiger partial charge in [0.05, 0.1) is 18.8 Å². The second-order valence-corrected chi connectivity index (χ2v) is 5.62. The van der Waals surface area contributed by atoms with Crippen LogP contribution in [-0.2, 0) is 21.7 Å². The first-order valence-corrected chi connectivity index (χ1v) is 7.66. The highest BCUT2D eigenvalue weighted by Crippen LogP contribution is 2.39. The zero-order valence-electron chi connectivity index (χ0n) is 13.8. The van der Waals surface area contributed by atoms with Crippen LogP contribution in [0, 0.1) is 5.82 Å². The zero-order valence-corrected chi connectivity index (χ0v) is 13.8. The van der Waals surface area contributed by atoms with Crippen LogP contribution in [0.5, 0.6) is 0 Å². The molecular weight excluding hydrogens is 327 g/mol. The van der Waals surface area contributed by atoms with E-state index in [4.69, 9.17) is 4.74 Å². The quantitative estimate of drug-likeness (QED) is 0.633. The lowest BCUT2D eigenvalue weighted by molar-refractivity contribution is -0.167. The van der Waals surface area contributed by atoms with Crippen molar-refractivity contribution >= 4 is 5.97 Å². The Hall–Kier alpha value is -3.10. The van der Waals surface area contributed by atoms with Crippen molar-refractivity contribution in [2.45, 2.75) is 32.0 Å². The molecule has 0 aliphatic carbocycles. The number of benzene rings is 1. The molecule has 0 amide bonds. The fourth-order valence-electron chi connectivity index (χ4n) is 2.87. The van der Waals surface area contributed by atoms with Gasteiger partial charge in [0, 0.05) is 18.7 Å². The number of aromatic nitrogens is 6. The van der Waals surface area contributed by atoms with Crippen LogP contribution in [0.3, 0.4) is 0 Å². The Labute approximate surface area is 143 Å². The lowest BCUT2D eigenvalue weighted by Gasteiger charge is -2.38. The Morgan fingerprint density at radius 3 is 2.80 bits per heavy atom. The number of carbonyl (C=O) groups excluding carboxylic acids is 1. The fourth-order valence-corrected chi connectivity index (χ4v) is 2.87. The first kappa shape index (κ1) is 16.7. The van der Waals surface area contributed by atoms with Crippen LogP contribution in [0.15, 0.2) is 49.3 Å². The standard InChI is InChI=1S/C16H17FN6O2/c1-12(23-8-7-19-21-23)16(25-13(2)24,9-22-11-18-10-20-22)14-5-3-4-6-15(14)17/h3-8,10-12H,9H2,1-2H3/t12-,16-/m1/s1. The molecular formula is C16H17FN6O2. The lowest BCUT2D eigenvalue weighted by Crippen LogP contribution is -2.44. The SMILES string of the molecule is CC(=O)O[C@@](Cn1cncn1)(c1ccccc1F)[C@@H](C)n1ccnn1. The molecule has 25 heavy (non-hydrogen) atoms. The molecule has 0 fully saturated rings. The van der Waals surface area contributed by atoms with Crippen molar-refractivity contribution in [3.8, 4) is 0 Å². The Kier molecular flexibility index (Phi) is 4.55. The van der Waals surface area contributed by atoms with Crippen LogP contribution in [0.4, 0.5) is 4.39 Å². The van der Waals surface area contributed by atoms with Gasteiger partial charge in [-0.2, -0.15) is 5.10 Å². The van der Waals surface area contributed by atoms with Crippen LogP contribution >= 0.6 is 0 Å². The van der Waals surface area contributed by atoms with E-state index in [1.807, 2.05) is 0 Å². The molecule has 2 atom stereocenters. The summed E-state index contributed by atoms with van der Waals surface area (Å²) in [5.74, 6) is -1.04. The van der Waals surface area contributed by atoms with E-state index < -0.39 is 23.4 Å². The normalized spacial score (nSPS) is 14.7. The summed E-state index contributed by atoms with van der Waals surface area (Å²) in [6, 6.07) is 5.62. The van der Waals surface area contributed by atoms with Crippen LogP contribution in [0.25, 0.3) is 0 Å². The first-order valence-electron chi connectivity index (χ1n) is 7.66. The van der Waals surface area contributed by atoms with Crippen molar-refractivity contribution in [2.75, 3.05) is 0 Å². The van der Waals surface area contributed by atoms with Gasteiger partial charge in [-0.05, 0) is 13.0 Å². The van der Waals surface area contributed by atoms with Crippen molar-refractivity contribution in [1.29, 1.82) is 0 Å². The van der Waals surface area contributed by atoms with Crippen molar-refractivity contribution in [1.82, 2.24) is 29.8 Å². The fraction of sp³-hybridized carbons (Fsp3) is 0.312. The van der Waals surface area contributed by atoms with Crippen LogP contribution in [-0.4, -0.2) is 35.7 Å². The first-order chi connectivity index (χ1) is 12.0. The zero-order chi connectivity index (χ0) is 17.9. The molecule has 3 rings (SSSR count). The summed E-state index contributed by atoms with van der Waals surface area (Å²) in [6.45, 7) is 3.13. The number of carbonyl (C=O) groups is 1. The molecule has 2 heterocycles. The van der Waals surface area contributed by atoms with Gasteiger partial charge in [0.15, 0.2) is 5.60 Å². The largest absolute Gasteiger partial charge is 0.450 e. The molecule has 2 aromatic heterocycles. The summed E-state index contributed by atoms with van der Waals surface area (Å²) in [6.07, 6.45) is 5.98. The number of hydrogen-bond donors (Lipinski definition) is 0. The van der Waals surface area contributed by atoms with Gasteiger partial charge in [-0.1, -0.05) is 23.4 Å². The van der Waals surface area contributed by atoms with Gasteiger partial charge in [0.1, 0.15) is 18.5 Å². The van der Waals surface area contributed by atoms with E-state index in [-0.39, 0.29) is 12.1 Å². The van der Waals surface area contributed by atoms with Crippen LogP contribution < -0.4 is 0 Å². The molecule has 8 nitrogen and oxygen atoms in total. The van der Waals surface area contributed by atoms with Crippen LogP contribution in [0.2, 0.25) is 0 Å². The smallest absolute Gasteiger partial charge is 0.303 e. The Morgan fingerprint density at radius 2 is 2.20 bits per heavy atom. The second-order valence-electron chi connectivity index (χ2n) is 5.62. The van der Waals surface area contributed by atoms with E-state index in [9.17, 15) is 9.18 Å². The van der Waals surface area contributed by atoms with Gasteiger partial charge in [-0.15, -0.1) is 5.10 Å². The second kappa shape index (κ2) is 6.80. The van der Waals surface area contributed by atoms with E-state index in [1.165, 1.54) is 41.2 Å². The third-order valence-corrected chi connectivity index (χ3v) is 4.03. The number of halogens is 1. The van der Waals surface area contributed by atoms with Gasteiger partial charge < -0.3 is 4.74 Å². The molecule has 0 saturated heterocycles. The maximum atomic E-state index is 14.7. The van der Waals surface area contributed by atoms with Crippen LogP contribution in [0.1, 0.15) is 25.5 Å². The van der Waals surface area contributed by atoms with E-state index in [1.54, 1.807) is 31.3 Å². The highest BCUT2D eigenvalue weighted by atomic mass is 19.1. The molecule has 0 bridgehead atoms. The molecule has 0 spiro atoms. The van der Waals surface area contributed by atoms with Gasteiger partial charge in [0.25, 0.3) is 0 Å². The highest BCUT2D eigenvalue weighted by Gasteiger charge is 2.45. The molecule has 0 aliphatic rings. The maximum absolute atomic E-state index is 14.7. The predicted octanol–water partition coefficient (Wildman–Crippen LogP) is 1.73. The van der Waals surface area contributed by atoms with Crippen molar-refractivity contribution in [3.63, 3.8) is 0 Å². The average molecular weight is 344 g/mol. The van der Waals surface area contributed by atoms with Gasteiger partial charge in [-0.25, -0.2) is 18.7 Å². The number of ether oxygens (including phenoxy) is 1. The summed E-state index contributed by atoms with van der Waals surface area (Å²) < 4.78 is 23.4. The highest BCUT2D eigenvalue weighted by molar-refractivity contribution is 5.67. The number of nitrogens with zero attached hydrogens (tertiary/aromatic N) is 6. The summed E-state index contributed by atoms with van der Waals surface area (Å²) in [5.41, 5.74) is -1.16. The average Bonchev–Trinajstić information content (AvgIpc) is 3.27. The summed E-state index contributed by atoms with van der Waals surface area (Å²) in [5, 5.41) is 11.8. The number of rotatable bonds is 6. The monoisotopic (exact) mass is 344 g/mol. The molecule has 9 heteroatoms. The molecule has 0 unspecified atom stereocenters. The summed E-state index contributed by atoms with van der Waals surface area (Å²) in [4.78, 5) is 15.8. The summed E-state index contributed by atoms with van der Waals surface area (Å²) >= 11 is 0. The Morgan fingerprint density at radius 1 is 1.40 bits per heavy atom. The van der Waals surface area contributed by atoms with Crippen molar-refractivity contribution in [3.05, 3.63) is 60.7 Å².